The summed E-state index contributed by atoms with van der Waals surface area (Å²) in [4.78, 5) is 27.0. The van der Waals surface area contributed by atoms with Gasteiger partial charge >= 0.3 is 11.9 Å². The summed E-state index contributed by atoms with van der Waals surface area (Å²) in [6, 6.07) is 11.4. The molecule has 5 nitrogen and oxygen atoms in total. The van der Waals surface area contributed by atoms with Gasteiger partial charge in [-0.3, -0.25) is 0 Å². The van der Waals surface area contributed by atoms with Gasteiger partial charge in [-0.05, 0) is 16.8 Å². The second kappa shape index (κ2) is 4.94. The van der Waals surface area contributed by atoms with Gasteiger partial charge in [0.15, 0.2) is 0 Å². The molecule has 1 aromatic heterocycles. The Morgan fingerprint density at radius 3 is 2.38 bits per heavy atom. The lowest BCUT2D eigenvalue weighted by Crippen LogP contribution is -2.10. The highest BCUT2D eigenvalue weighted by molar-refractivity contribution is 6.20. The molecule has 0 aliphatic heterocycles. The summed E-state index contributed by atoms with van der Waals surface area (Å²) in [7, 11) is 2.56. The van der Waals surface area contributed by atoms with Gasteiger partial charge in [-0.25, -0.2) is 9.59 Å². The van der Waals surface area contributed by atoms with Crippen LogP contribution in [-0.2, 0) is 9.47 Å². The summed E-state index contributed by atoms with van der Waals surface area (Å²) >= 11 is 0. The fourth-order valence-corrected chi connectivity index (χ4v) is 2.53. The predicted octanol–water partition coefficient (Wildman–Crippen LogP) is 2.89. The number of hydrogen-bond donors (Lipinski definition) is 1. The summed E-state index contributed by atoms with van der Waals surface area (Å²) < 4.78 is 9.56. The first kappa shape index (κ1) is 13.2. The van der Waals surface area contributed by atoms with E-state index in [-0.39, 0.29) is 11.3 Å². The van der Waals surface area contributed by atoms with Crippen LogP contribution in [0.1, 0.15) is 20.8 Å². The topological polar surface area (TPSA) is 68.4 Å². The Bertz CT molecular complexity index is 863. The summed E-state index contributed by atoms with van der Waals surface area (Å²) in [6.07, 6.45) is 0. The molecule has 0 aliphatic carbocycles. The maximum atomic E-state index is 12.1. The highest BCUT2D eigenvalue weighted by atomic mass is 16.5. The molecule has 2 aromatic carbocycles. The molecule has 0 fully saturated rings. The lowest BCUT2D eigenvalue weighted by Gasteiger charge is -2.03. The first-order valence-corrected chi connectivity index (χ1v) is 6.37. The molecule has 5 heteroatoms. The van der Waals surface area contributed by atoms with Crippen LogP contribution in [-0.4, -0.2) is 31.1 Å². The van der Waals surface area contributed by atoms with Gasteiger partial charge in [0, 0.05) is 10.9 Å². The molecule has 0 bridgehead atoms. The second-order valence-electron chi connectivity index (χ2n) is 4.57. The van der Waals surface area contributed by atoms with E-state index >= 15 is 0 Å². The summed E-state index contributed by atoms with van der Waals surface area (Å²) in [6.45, 7) is 0. The zero-order valence-corrected chi connectivity index (χ0v) is 11.6. The lowest BCUT2D eigenvalue weighted by atomic mass is 10.0. The van der Waals surface area contributed by atoms with E-state index in [1.54, 1.807) is 0 Å². The fraction of sp³-hybridized carbons (Fsp3) is 0.125. The highest BCUT2D eigenvalue weighted by Gasteiger charge is 2.25. The van der Waals surface area contributed by atoms with Gasteiger partial charge in [0.2, 0.25) is 0 Å². The van der Waals surface area contributed by atoms with E-state index in [2.05, 4.69) is 4.98 Å². The molecule has 0 aliphatic rings. The van der Waals surface area contributed by atoms with E-state index < -0.39 is 11.9 Å². The molecule has 0 radical (unpaired) electrons. The zero-order valence-electron chi connectivity index (χ0n) is 11.6. The van der Waals surface area contributed by atoms with Gasteiger partial charge in [-0.1, -0.05) is 30.3 Å². The van der Waals surface area contributed by atoms with Crippen molar-refractivity contribution in [3.05, 3.63) is 47.7 Å². The number of H-pyrrole nitrogens is 1. The lowest BCUT2D eigenvalue weighted by molar-refractivity contribution is 0.0553. The molecule has 0 amide bonds. The molecule has 1 heterocycles. The number of benzene rings is 2. The highest BCUT2D eigenvalue weighted by Crippen LogP contribution is 2.31. The molecule has 0 saturated carbocycles. The number of rotatable bonds is 2. The van der Waals surface area contributed by atoms with Crippen molar-refractivity contribution in [2.75, 3.05) is 14.2 Å². The number of ether oxygens (including phenoxy) is 2. The van der Waals surface area contributed by atoms with E-state index in [0.29, 0.717) is 10.9 Å². The second-order valence-corrected chi connectivity index (χ2v) is 4.57. The molecule has 3 aromatic rings. The minimum Gasteiger partial charge on any atom is -0.465 e. The van der Waals surface area contributed by atoms with Crippen molar-refractivity contribution in [1.29, 1.82) is 0 Å². The van der Waals surface area contributed by atoms with Crippen molar-refractivity contribution in [2.24, 2.45) is 0 Å². The Morgan fingerprint density at radius 2 is 1.67 bits per heavy atom. The molecule has 0 unspecified atom stereocenters. The van der Waals surface area contributed by atoms with E-state index in [1.807, 2.05) is 36.4 Å². The van der Waals surface area contributed by atoms with Gasteiger partial charge < -0.3 is 14.5 Å². The van der Waals surface area contributed by atoms with Crippen molar-refractivity contribution in [3.8, 4) is 0 Å². The van der Waals surface area contributed by atoms with Crippen LogP contribution in [0.4, 0.5) is 0 Å². The van der Waals surface area contributed by atoms with E-state index in [4.69, 9.17) is 9.47 Å². The van der Waals surface area contributed by atoms with Gasteiger partial charge in [0.05, 0.1) is 14.2 Å². The van der Waals surface area contributed by atoms with Gasteiger partial charge in [0.25, 0.3) is 0 Å². The third-order valence-corrected chi connectivity index (χ3v) is 3.47. The number of methoxy groups -OCH3 is 2. The third kappa shape index (κ3) is 1.94. The third-order valence-electron chi connectivity index (χ3n) is 3.47. The number of hydrogen-bond acceptors (Lipinski definition) is 4. The first-order chi connectivity index (χ1) is 10.2. The molecule has 0 spiro atoms. The van der Waals surface area contributed by atoms with Crippen LogP contribution in [0.2, 0.25) is 0 Å². The largest absolute Gasteiger partial charge is 0.465 e. The summed E-state index contributed by atoms with van der Waals surface area (Å²) in [5, 5.41) is 2.52. The first-order valence-electron chi connectivity index (χ1n) is 6.37. The van der Waals surface area contributed by atoms with Crippen LogP contribution < -0.4 is 0 Å². The van der Waals surface area contributed by atoms with E-state index in [9.17, 15) is 9.59 Å². The minimum absolute atomic E-state index is 0.107. The van der Waals surface area contributed by atoms with Crippen LogP contribution in [0, 0.1) is 0 Å². The Labute approximate surface area is 120 Å². The van der Waals surface area contributed by atoms with Crippen LogP contribution in [0.3, 0.4) is 0 Å². The van der Waals surface area contributed by atoms with Crippen molar-refractivity contribution >= 4 is 33.6 Å². The Balaban J connectivity index is 2.47. The van der Waals surface area contributed by atoms with Crippen LogP contribution in [0.25, 0.3) is 21.7 Å². The monoisotopic (exact) mass is 283 g/mol. The molecule has 0 atom stereocenters. The predicted molar refractivity (Wildman–Crippen MR) is 78.5 cm³/mol. The Morgan fingerprint density at radius 1 is 0.952 bits per heavy atom. The molecule has 0 saturated heterocycles. The average Bonchev–Trinajstić information content (AvgIpc) is 2.93. The Kier molecular flexibility index (Phi) is 3.10. The molecule has 21 heavy (non-hydrogen) atoms. The smallest absolute Gasteiger partial charge is 0.355 e. The van der Waals surface area contributed by atoms with Crippen molar-refractivity contribution in [3.63, 3.8) is 0 Å². The van der Waals surface area contributed by atoms with Crippen molar-refractivity contribution < 1.29 is 19.1 Å². The van der Waals surface area contributed by atoms with Gasteiger partial charge in [-0.15, -0.1) is 0 Å². The molecular formula is C16H13NO4. The maximum Gasteiger partial charge on any atom is 0.355 e. The van der Waals surface area contributed by atoms with E-state index in [1.165, 1.54) is 14.2 Å². The number of esters is 2. The number of aromatic amines is 1. The molecule has 1 N–H and O–H groups in total. The van der Waals surface area contributed by atoms with Crippen LogP contribution >= 0.6 is 0 Å². The number of nitrogens with one attached hydrogen (secondary N) is 1. The standard InChI is InChI=1S/C16H13NO4/c1-20-15(18)13-12-10-6-4-3-5-9(10)7-8-11(12)17-14(13)16(19)21-2/h3-8,17H,1-2H3. The maximum absolute atomic E-state index is 12.1. The van der Waals surface area contributed by atoms with Gasteiger partial charge in [-0.2, -0.15) is 0 Å². The van der Waals surface area contributed by atoms with Crippen LogP contribution in [0.15, 0.2) is 36.4 Å². The number of carbonyl (C=O) groups is 2. The molecular weight excluding hydrogens is 270 g/mol. The molecule has 3 rings (SSSR count). The van der Waals surface area contributed by atoms with E-state index in [0.717, 1.165) is 10.8 Å². The fourth-order valence-electron chi connectivity index (χ4n) is 2.53. The number of fused-ring (bicyclic) bond motifs is 3. The SMILES string of the molecule is COC(=O)c1[nH]c2ccc3ccccc3c2c1C(=O)OC. The molecule has 106 valence electrons. The summed E-state index contributed by atoms with van der Waals surface area (Å²) in [5.74, 6) is -1.17. The van der Waals surface area contributed by atoms with Crippen molar-refractivity contribution in [2.45, 2.75) is 0 Å². The zero-order chi connectivity index (χ0) is 15.0. The number of carbonyl (C=O) groups excluding carboxylic acids is 2. The number of aromatic nitrogens is 1. The van der Waals surface area contributed by atoms with Gasteiger partial charge in [0.1, 0.15) is 11.3 Å². The Hall–Kier alpha value is -2.82. The van der Waals surface area contributed by atoms with Crippen molar-refractivity contribution in [1.82, 2.24) is 4.98 Å². The quantitative estimate of drug-likeness (QED) is 0.734. The average molecular weight is 283 g/mol. The van der Waals surface area contributed by atoms with Crippen LogP contribution in [0.5, 0.6) is 0 Å². The minimum atomic E-state index is -0.601. The summed E-state index contributed by atoms with van der Waals surface area (Å²) in [5.41, 5.74) is 1.00. The normalized spacial score (nSPS) is 10.8.